The number of fused-ring (bicyclic) bond motifs is 5. The van der Waals surface area contributed by atoms with E-state index in [2.05, 4.69) is 15.5 Å². The van der Waals surface area contributed by atoms with Gasteiger partial charge in [0.1, 0.15) is 5.58 Å². The van der Waals surface area contributed by atoms with Gasteiger partial charge in [-0.3, -0.25) is 4.79 Å². The van der Waals surface area contributed by atoms with Crippen LogP contribution in [0.5, 0.6) is 0 Å². The first kappa shape index (κ1) is 11.5. The summed E-state index contributed by atoms with van der Waals surface area (Å²) in [4.78, 5) is 23.6. The average Bonchev–Trinajstić information content (AvgIpc) is 2.95. The largest absolute Gasteiger partial charge is 0.422 e. The molecule has 0 aliphatic carbocycles. The number of amides is 1. The number of benzene rings is 1. The van der Waals surface area contributed by atoms with Gasteiger partial charge in [0, 0.05) is 5.39 Å². The van der Waals surface area contributed by atoms with E-state index in [1.165, 1.54) is 10.6 Å². The maximum Gasteiger partial charge on any atom is 0.345 e. The van der Waals surface area contributed by atoms with E-state index in [1.807, 2.05) is 0 Å². The minimum atomic E-state index is -0.718. The van der Waals surface area contributed by atoms with Crippen LogP contribution in [0, 0.1) is 0 Å². The van der Waals surface area contributed by atoms with Crippen LogP contribution in [-0.2, 0) is 0 Å². The number of tetrazole rings is 1. The van der Waals surface area contributed by atoms with E-state index in [4.69, 9.17) is 10.2 Å². The third-order valence-corrected chi connectivity index (χ3v) is 3.30. The van der Waals surface area contributed by atoms with E-state index < -0.39 is 11.5 Å². The zero-order chi connectivity index (χ0) is 14.6. The van der Waals surface area contributed by atoms with Crippen molar-refractivity contribution in [3.8, 4) is 0 Å². The Kier molecular flexibility index (Phi) is 2.12. The van der Waals surface area contributed by atoms with Crippen molar-refractivity contribution >= 4 is 33.4 Å². The lowest BCUT2D eigenvalue weighted by Gasteiger charge is -2.05. The molecule has 4 rings (SSSR count). The normalized spacial score (nSPS) is 11.4. The van der Waals surface area contributed by atoms with Crippen LogP contribution in [0.1, 0.15) is 10.4 Å². The first-order valence-corrected chi connectivity index (χ1v) is 6.03. The van der Waals surface area contributed by atoms with Crippen LogP contribution in [-0.4, -0.2) is 25.9 Å². The number of rotatable bonds is 1. The van der Waals surface area contributed by atoms with Crippen LogP contribution >= 0.6 is 0 Å². The summed E-state index contributed by atoms with van der Waals surface area (Å²) < 4.78 is 6.57. The van der Waals surface area contributed by atoms with Crippen LogP contribution in [0.3, 0.4) is 0 Å². The second-order valence-corrected chi connectivity index (χ2v) is 4.48. The van der Waals surface area contributed by atoms with Gasteiger partial charge in [-0.15, -0.1) is 5.10 Å². The van der Waals surface area contributed by atoms with Gasteiger partial charge in [-0.2, -0.15) is 4.52 Å². The van der Waals surface area contributed by atoms with E-state index in [-0.39, 0.29) is 16.6 Å². The molecule has 21 heavy (non-hydrogen) atoms. The Morgan fingerprint density at radius 1 is 1.24 bits per heavy atom. The molecular formula is C13H7N5O3. The van der Waals surface area contributed by atoms with Crippen LogP contribution in [0.4, 0.5) is 0 Å². The first-order chi connectivity index (χ1) is 10.2. The highest BCUT2D eigenvalue weighted by Crippen LogP contribution is 2.24. The molecule has 0 bridgehead atoms. The minimum absolute atomic E-state index is 0.0649. The highest BCUT2D eigenvalue weighted by molar-refractivity contribution is 6.08. The highest BCUT2D eigenvalue weighted by atomic mass is 16.4. The highest BCUT2D eigenvalue weighted by Gasteiger charge is 2.18. The quantitative estimate of drug-likeness (QED) is 0.400. The van der Waals surface area contributed by atoms with Gasteiger partial charge >= 0.3 is 5.63 Å². The summed E-state index contributed by atoms with van der Waals surface area (Å²) in [7, 11) is 0. The molecule has 0 aliphatic rings. The molecule has 8 heteroatoms. The molecule has 8 nitrogen and oxygen atoms in total. The molecule has 3 aromatic heterocycles. The Morgan fingerprint density at radius 2 is 2.05 bits per heavy atom. The summed E-state index contributed by atoms with van der Waals surface area (Å²) in [6.07, 6.45) is 0. The molecule has 0 saturated carbocycles. The van der Waals surface area contributed by atoms with E-state index in [1.54, 1.807) is 24.3 Å². The molecule has 0 unspecified atom stereocenters. The van der Waals surface area contributed by atoms with E-state index >= 15 is 0 Å². The predicted octanol–water partition coefficient (Wildman–Crippen LogP) is 0.483. The maximum absolute atomic E-state index is 12.1. The molecule has 3 heterocycles. The summed E-state index contributed by atoms with van der Waals surface area (Å²) in [5.41, 5.74) is 5.89. The molecule has 0 atom stereocenters. The summed E-state index contributed by atoms with van der Waals surface area (Å²) in [6, 6.07) is 8.38. The number of carbonyl (C=O) groups excluding carboxylic acids is 1. The minimum Gasteiger partial charge on any atom is -0.422 e. The van der Waals surface area contributed by atoms with Crippen LogP contribution in [0.2, 0.25) is 0 Å². The lowest BCUT2D eigenvalue weighted by Crippen LogP contribution is -2.15. The predicted molar refractivity (Wildman–Crippen MR) is 72.8 cm³/mol. The van der Waals surface area contributed by atoms with Gasteiger partial charge in [0.05, 0.1) is 16.5 Å². The Morgan fingerprint density at radius 3 is 2.86 bits per heavy atom. The van der Waals surface area contributed by atoms with Gasteiger partial charge in [0.15, 0.2) is 5.65 Å². The van der Waals surface area contributed by atoms with Gasteiger partial charge in [-0.25, -0.2) is 4.79 Å². The Bertz CT molecular complexity index is 1100. The van der Waals surface area contributed by atoms with E-state index in [9.17, 15) is 9.59 Å². The van der Waals surface area contributed by atoms with Crippen LogP contribution in [0.25, 0.3) is 27.5 Å². The number of aromatic nitrogens is 4. The Hall–Kier alpha value is -3.29. The number of nitrogens with two attached hydrogens (primary N) is 1. The fourth-order valence-corrected chi connectivity index (χ4v) is 2.40. The number of pyridine rings is 1. The molecular weight excluding hydrogens is 274 g/mol. The van der Waals surface area contributed by atoms with Crippen molar-refractivity contribution in [2.75, 3.05) is 0 Å². The molecule has 1 aromatic carbocycles. The third-order valence-electron chi connectivity index (χ3n) is 3.30. The molecule has 0 spiro atoms. The molecule has 102 valence electrons. The lowest BCUT2D eigenvalue weighted by atomic mass is 10.1. The molecule has 2 N–H and O–H groups in total. The Labute approximate surface area is 115 Å². The van der Waals surface area contributed by atoms with Crippen molar-refractivity contribution in [3.05, 3.63) is 46.3 Å². The van der Waals surface area contributed by atoms with Crippen LogP contribution < -0.4 is 11.4 Å². The summed E-state index contributed by atoms with van der Waals surface area (Å²) in [5.74, 6) is -0.718. The van der Waals surface area contributed by atoms with Crippen molar-refractivity contribution in [2.24, 2.45) is 5.73 Å². The van der Waals surface area contributed by atoms with Gasteiger partial charge < -0.3 is 10.2 Å². The standard InChI is InChI=1S/C13H7N5O3/c14-11(19)8-5-7-10(18-12(8)15-16-17-18)6-3-1-2-4-9(6)21-13(7)20/h1-5H,(H2,14,19). The third kappa shape index (κ3) is 1.46. The molecule has 0 fully saturated rings. The van der Waals surface area contributed by atoms with Crippen molar-refractivity contribution in [2.45, 2.75) is 0 Å². The summed E-state index contributed by atoms with van der Waals surface area (Å²) >= 11 is 0. The van der Waals surface area contributed by atoms with E-state index in [0.717, 1.165) is 0 Å². The smallest absolute Gasteiger partial charge is 0.345 e. The monoisotopic (exact) mass is 281 g/mol. The maximum atomic E-state index is 12.1. The molecule has 0 aliphatic heterocycles. The fraction of sp³-hybridized carbons (Fsp3) is 0. The van der Waals surface area contributed by atoms with Gasteiger partial charge in [-0.05, 0) is 28.6 Å². The van der Waals surface area contributed by atoms with Crippen molar-refractivity contribution in [1.82, 2.24) is 20.0 Å². The average molecular weight is 281 g/mol. The number of carbonyl (C=O) groups is 1. The zero-order valence-corrected chi connectivity index (χ0v) is 10.5. The van der Waals surface area contributed by atoms with Crippen LogP contribution in [0.15, 0.2) is 39.5 Å². The molecule has 0 radical (unpaired) electrons. The number of hydrogen-bond acceptors (Lipinski definition) is 6. The molecule has 0 saturated heterocycles. The molecule has 1 amide bonds. The number of hydrogen-bond donors (Lipinski definition) is 1. The van der Waals surface area contributed by atoms with Gasteiger partial charge in [0.25, 0.3) is 5.91 Å². The number of primary amides is 1. The SMILES string of the molecule is NC(=O)c1cc2c(=O)oc3ccccc3c2n2nnnc12. The number of nitrogens with zero attached hydrogens (tertiary/aromatic N) is 4. The first-order valence-electron chi connectivity index (χ1n) is 6.03. The topological polar surface area (TPSA) is 116 Å². The lowest BCUT2D eigenvalue weighted by molar-refractivity contribution is 0.100. The van der Waals surface area contributed by atoms with Crippen molar-refractivity contribution < 1.29 is 9.21 Å². The molecule has 4 aromatic rings. The number of para-hydroxylation sites is 1. The van der Waals surface area contributed by atoms with E-state index in [0.29, 0.717) is 16.5 Å². The second kappa shape index (κ2) is 3.85. The summed E-state index contributed by atoms with van der Waals surface area (Å²) in [5, 5.41) is 12.1. The fourth-order valence-electron chi connectivity index (χ4n) is 2.40. The van der Waals surface area contributed by atoms with Crippen molar-refractivity contribution in [1.29, 1.82) is 0 Å². The zero-order valence-electron chi connectivity index (χ0n) is 10.5. The van der Waals surface area contributed by atoms with Gasteiger partial charge in [-0.1, -0.05) is 12.1 Å². The Balaban J connectivity index is 2.40. The second-order valence-electron chi connectivity index (χ2n) is 4.48. The van der Waals surface area contributed by atoms with Gasteiger partial charge in [0.2, 0.25) is 0 Å². The summed E-state index contributed by atoms with van der Waals surface area (Å²) in [6.45, 7) is 0. The van der Waals surface area contributed by atoms with Crippen molar-refractivity contribution in [3.63, 3.8) is 0 Å².